The molecule has 3 aromatic rings. The molecule has 4 nitrogen and oxygen atoms in total. The molecule has 0 aliphatic carbocycles. The van der Waals surface area contributed by atoms with Crippen LogP contribution in [-0.4, -0.2) is 18.7 Å². The van der Waals surface area contributed by atoms with Crippen molar-refractivity contribution in [3.05, 3.63) is 72.8 Å². The van der Waals surface area contributed by atoms with Crippen LogP contribution in [0, 0.1) is 0 Å². The van der Waals surface area contributed by atoms with E-state index in [1.165, 1.54) is 0 Å². The predicted molar refractivity (Wildman–Crippen MR) is 116 cm³/mol. The molecule has 1 radical (unpaired) electrons. The molecule has 0 saturated heterocycles. The van der Waals surface area contributed by atoms with Crippen LogP contribution in [0.3, 0.4) is 0 Å². The Bertz CT molecular complexity index is 964. The molecule has 29 heavy (non-hydrogen) atoms. The molecule has 0 spiro atoms. The summed E-state index contributed by atoms with van der Waals surface area (Å²) in [6, 6.07) is 24.1. The highest BCUT2D eigenvalue weighted by Gasteiger charge is 2.28. The van der Waals surface area contributed by atoms with E-state index in [9.17, 15) is 5.11 Å². The number of hydrogen-bond donors (Lipinski definition) is 0. The molecule has 0 bridgehead atoms. The molecule has 147 valence electrons. The number of anilines is 3. The van der Waals surface area contributed by atoms with E-state index in [0.29, 0.717) is 0 Å². The third-order valence-corrected chi connectivity index (χ3v) is 5.52. The number of ether oxygens (including phenoxy) is 1. The quantitative estimate of drug-likeness (QED) is 0.477. The summed E-state index contributed by atoms with van der Waals surface area (Å²) in [7, 11) is 1.66. The maximum absolute atomic E-state index is 12.3. The molecule has 0 aromatic heterocycles. The molecule has 0 N–H and O–H groups in total. The van der Waals surface area contributed by atoms with Crippen molar-refractivity contribution in [1.29, 1.82) is 0 Å². The minimum atomic E-state index is -1.20. The largest absolute Gasteiger partial charge is 0.848 e. The summed E-state index contributed by atoms with van der Waals surface area (Å²) in [5, 5.41) is 12.3. The van der Waals surface area contributed by atoms with Gasteiger partial charge in [-0.15, -0.1) is 0 Å². The highest BCUT2D eigenvalue weighted by molar-refractivity contribution is 6.47. The summed E-state index contributed by atoms with van der Waals surface area (Å²) < 4.78 is 11.9. The smallest absolute Gasteiger partial charge is 0.330 e. The predicted octanol–water partition coefficient (Wildman–Crippen LogP) is 4.44. The normalized spacial score (nSPS) is 13.3. The highest BCUT2D eigenvalue weighted by atomic mass is 16.5. The van der Waals surface area contributed by atoms with Crippen LogP contribution in [0.15, 0.2) is 72.8 Å². The van der Waals surface area contributed by atoms with Gasteiger partial charge in [0.05, 0.1) is 11.4 Å². The van der Waals surface area contributed by atoms with E-state index >= 15 is 0 Å². The fourth-order valence-electron chi connectivity index (χ4n) is 3.04. The van der Waals surface area contributed by atoms with Crippen molar-refractivity contribution >= 4 is 30.0 Å². The van der Waals surface area contributed by atoms with Crippen LogP contribution in [0.25, 0.3) is 0 Å². The van der Waals surface area contributed by atoms with Gasteiger partial charge in [-0.25, -0.2) is 0 Å². The van der Waals surface area contributed by atoms with Gasteiger partial charge >= 0.3 is 7.48 Å². The molecule has 0 atom stereocenters. The van der Waals surface area contributed by atoms with E-state index in [-0.39, 0.29) is 0 Å². The lowest BCUT2D eigenvalue weighted by Gasteiger charge is -2.47. The highest BCUT2D eigenvalue weighted by Crippen LogP contribution is 2.49. The molecule has 1 aliphatic heterocycles. The molecule has 1 aliphatic rings. The molecule has 1 heterocycles. The fraction of sp³-hybridized carbons (Fsp3) is 0.250. The van der Waals surface area contributed by atoms with E-state index in [1.54, 1.807) is 21.3 Å². The van der Waals surface area contributed by atoms with Crippen molar-refractivity contribution in [3.63, 3.8) is 0 Å². The molecule has 0 amide bonds. The molecule has 3 aromatic carbocycles. The third-order valence-electron chi connectivity index (χ3n) is 5.52. The van der Waals surface area contributed by atoms with E-state index in [2.05, 4.69) is 4.90 Å². The monoisotopic (exact) mass is 385 g/mol. The molecule has 0 fully saturated rings. The Kier molecular flexibility index (Phi) is 4.89. The van der Waals surface area contributed by atoms with Gasteiger partial charge in [0.25, 0.3) is 0 Å². The van der Waals surface area contributed by atoms with Gasteiger partial charge in [-0.1, -0.05) is 61.3 Å². The number of hydrogen-bond acceptors (Lipinski definition) is 4. The van der Waals surface area contributed by atoms with Crippen LogP contribution in [0.5, 0.6) is 11.5 Å². The van der Waals surface area contributed by atoms with Gasteiger partial charge in [-0.2, -0.15) is 0 Å². The van der Waals surface area contributed by atoms with Crippen LogP contribution in [-0.2, 0) is 4.65 Å². The molecular formula is C24H24BNO3-. The van der Waals surface area contributed by atoms with Crippen LogP contribution >= 0.6 is 0 Å². The molecule has 5 heteroatoms. The van der Waals surface area contributed by atoms with E-state index in [4.69, 9.17) is 9.39 Å². The van der Waals surface area contributed by atoms with Crippen molar-refractivity contribution < 1.29 is 14.5 Å². The first-order chi connectivity index (χ1) is 13.8. The summed E-state index contributed by atoms with van der Waals surface area (Å²) >= 11 is 0. The van der Waals surface area contributed by atoms with E-state index in [1.807, 2.05) is 86.6 Å². The summed E-state index contributed by atoms with van der Waals surface area (Å²) in [5.41, 5.74) is 1.90. The van der Waals surface area contributed by atoms with E-state index in [0.717, 1.165) is 34.0 Å². The van der Waals surface area contributed by atoms with Gasteiger partial charge in [-0.05, 0) is 50.2 Å². The topological polar surface area (TPSA) is 44.8 Å². The van der Waals surface area contributed by atoms with Crippen molar-refractivity contribution in [1.82, 2.24) is 0 Å². The summed E-state index contributed by atoms with van der Waals surface area (Å²) in [6.45, 7) is 6.90. The van der Waals surface area contributed by atoms with Crippen LogP contribution in [0.2, 0.25) is 0 Å². The second-order valence-corrected chi connectivity index (χ2v) is 8.22. The zero-order chi connectivity index (χ0) is 20.6. The van der Waals surface area contributed by atoms with Crippen molar-refractivity contribution in [2.45, 2.75) is 38.9 Å². The second-order valence-electron chi connectivity index (χ2n) is 8.22. The zero-order valence-electron chi connectivity index (χ0n) is 17.2. The molecule has 0 saturated carbocycles. The lowest BCUT2D eigenvalue weighted by Crippen LogP contribution is -2.57. The van der Waals surface area contributed by atoms with Gasteiger partial charge < -0.3 is 19.4 Å². The van der Waals surface area contributed by atoms with Crippen molar-refractivity contribution in [2.75, 3.05) is 4.90 Å². The maximum Gasteiger partial charge on any atom is 0.330 e. The Morgan fingerprint density at radius 3 is 1.83 bits per heavy atom. The number of fused-ring (bicyclic) bond motifs is 2. The van der Waals surface area contributed by atoms with Crippen LogP contribution in [0.4, 0.5) is 17.1 Å². The lowest BCUT2D eigenvalue weighted by atomic mass is 9.82. The fourth-order valence-corrected chi connectivity index (χ4v) is 3.04. The number of para-hydroxylation sites is 4. The maximum atomic E-state index is 12.3. The lowest BCUT2D eigenvalue weighted by molar-refractivity contribution is -0.495. The standard InChI is InChI=1S/C24H24BNO3/c1-23(2,27)24(3,4)29-25-17-13-15-18(16-14-17)26-19-9-5-7-11-21(19)28-22-12-8-6-10-20(22)26/h5-16H,1-4H3/q-1. The second kappa shape index (κ2) is 7.25. The van der Waals surface area contributed by atoms with Crippen LogP contribution in [0.1, 0.15) is 27.7 Å². The van der Waals surface area contributed by atoms with Gasteiger partial charge in [0.15, 0.2) is 11.5 Å². The Balaban J connectivity index is 1.62. The summed E-state index contributed by atoms with van der Waals surface area (Å²) in [5.74, 6) is 1.65. The van der Waals surface area contributed by atoms with Gasteiger partial charge in [-0.3, -0.25) is 0 Å². The van der Waals surface area contributed by atoms with Gasteiger partial charge in [0.1, 0.15) is 0 Å². The van der Waals surface area contributed by atoms with Gasteiger partial charge in [0, 0.05) is 11.3 Å². The number of nitrogens with zero attached hydrogens (tertiary/aromatic N) is 1. The SMILES string of the molecule is CC(C)([O-])C(C)(C)O[B]c1ccc(N2c3ccccc3Oc3ccccc32)cc1. The molecular weight excluding hydrogens is 361 g/mol. The zero-order valence-corrected chi connectivity index (χ0v) is 17.2. The first-order valence-electron chi connectivity index (χ1n) is 9.74. The number of rotatable bonds is 5. The van der Waals surface area contributed by atoms with Crippen LogP contribution < -0.4 is 20.2 Å². The van der Waals surface area contributed by atoms with E-state index < -0.39 is 11.2 Å². The van der Waals surface area contributed by atoms with Crippen molar-refractivity contribution in [2.24, 2.45) is 0 Å². The Labute approximate surface area is 173 Å². The first-order valence-corrected chi connectivity index (χ1v) is 9.74. The van der Waals surface area contributed by atoms with Crippen molar-refractivity contribution in [3.8, 4) is 11.5 Å². The third kappa shape index (κ3) is 3.76. The average molecular weight is 385 g/mol. The number of benzene rings is 3. The average Bonchev–Trinajstić information content (AvgIpc) is 2.70. The minimum absolute atomic E-state index is 0.812. The van der Waals surface area contributed by atoms with Gasteiger partial charge in [0.2, 0.25) is 0 Å². The Hall–Kier alpha value is -2.76. The Morgan fingerprint density at radius 2 is 1.31 bits per heavy atom. The molecule has 4 rings (SSSR count). The summed E-state index contributed by atoms with van der Waals surface area (Å²) in [6.07, 6.45) is 0. The minimum Gasteiger partial charge on any atom is -0.848 e. The summed E-state index contributed by atoms with van der Waals surface area (Å²) in [4.78, 5) is 2.18. The Morgan fingerprint density at radius 1 is 0.793 bits per heavy atom. The first kappa shape index (κ1) is 19.6. The molecule has 0 unspecified atom stereocenters.